The Kier molecular flexibility index (Phi) is 7.60. The van der Waals surface area contributed by atoms with E-state index in [-0.39, 0.29) is 65.0 Å². The Labute approximate surface area is 217 Å². The second-order valence-electron chi connectivity index (χ2n) is 8.11. The maximum atomic E-state index is 14.1. The van der Waals surface area contributed by atoms with Crippen molar-refractivity contribution in [1.82, 2.24) is 14.8 Å². The average Bonchev–Trinajstić information content (AvgIpc) is 2.74. The van der Waals surface area contributed by atoms with Gasteiger partial charge < -0.3 is 24.6 Å². The van der Waals surface area contributed by atoms with Gasteiger partial charge in [0, 0.05) is 38.5 Å². The van der Waals surface area contributed by atoms with Gasteiger partial charge in [0.1, 0.15) is 17.1 Å². The molecule has 0 radical (unpaired) electrons. The monoisotopic (exact) mass is 485 g/mol. The number of nitrogens with zero attached hydrogens (tertiary/aromatic N) is 2. The third-order valence-electron chi connectivity index (χ3n) is 6.30. The molecule has 1 aliphatic carbocycles. The molecule has 33 heavy (non-hydrogen) atoms. The molecule has 0 atom stereocenters. The maximum Gasteiger partial charge on any atom is 1.00 e. The quantitative estimate of drug-likeness (QED) is 0.529. The summed E-state index contributed by atoms with van der Waals surface area (Å²) in [5.41, 5.74) is -2.10. The first kappa shape index (κ1) is 25.7. The fraction of sp³-hybridized carbons (Fsp3) is 0.409. The van der Waals surface area contributed by atoms with Gasteiger partial charge in [-0.1, -0.05) is 23.7 Å². The molecule has 170 valence electrons. The van der Waals surface area contributed by atoms with Gasteiger partial charge >= 0.3 is 29.6 Å². The van der Waals surface area contributed by atoms with Crippen molar-refractivity contribution in [2.24, 2.45) is 0 Å². The SMILES string of the molecule is CCN1C(=O)c2c([O-])c(=O)c(C(=O)NCc3cccc(Cl)c3F)cn2C[C@]12C[C@@H](OC)C2.[Na+]. The van der Waals surface area contributed by atoms with Crippen molar-refractivity contribution < 1.29 is 53.4 Å². The Balaban J connectivity index is 0.00000306. The van der Waals surface area contributed by atoms with Gasteiger partial charge in [0.2, 0.25) is 0 Å². The molecular formula is C22H22ClFN3NaO5. The van der Waals surface area contributed by atoms with E-state index in [1.807, 2.05) is 6.92 Å². The number of likely N-dealkylation sites (N-methyl/N-ethyl adjacent to an activating group) is 1. The number of carbonyl (C=O) groups is 2. The molecule has 8 nitrogen and oxygen atoms in total. The smallest absolute Gasteiger partial charge is 0.868 e. The van der Waals surface area contributed by atoms with Crippen molar-refractivity contribution >= 4 is 23.4 Å². The first-order valence-electron chi connectivity index (χ1n) is 10.2. The Hall–Kier alpha value is -1.91. The zero-order valence-corrected chi connectivity index (χ0v) is 21.4. The number of amides is 2. The summed E-state index contributed by atoms with van der Waals surface area (Å²) < 4.78 is 20.8. The van der Waals surface area contributed by atoms with Gasteiger partial charge in [-0.15, -0.1) is 0 Å². The summed E-state index contributed by atoms with van der Waals surface area (Å²) >= 11 is 5.75. The van der Waals surface area contributed by atoms with Crippen LogP contribution in [-0.2, 0) is 17.8 Å². The first-order chi connectivity index (χ1) is 15.2. The third-order valence-corrected chi connectivity index (χ3v) is 6.60. The van der Waals surface area contributed by atoms with E-state index >= 15 is 0 Å². The Morgan fingerprint density at radius 1 is 1.36 bits per heavy atom. The van der Waals surface area contributed by atoms with Gasteiger partial charge in [-0.25, -0.2) is 4.39 Å². The second kappa shape index (κ2) is 9.76. The van der Waals surface area contributed by atoms with Gasteiger partial charge in [0.25, 0.3) is 11.8 Å². The van der Waals surface area contributed by atoms with Crippen LogP contribution in [-0.4, -0.2) is 46.6 Å². The van der Waals surface area contributed by atoms with Crippen molar-refractivity contribution in [3.63, 3.8) is 0 Å². The zero-order chi connectivity index (χ0) is 23.2. The minimum atomic E-state index is -1.07. The number of nitrogens with one attached hydrogen (secondary N) is 1. The number of carbonyl (C=O) groups excluding carboxylic acids is 2. The first-order valence-corrected chi connectivity index (χ1v) is 10.6. The van der Waals surface area contributed by atoms with E-state index in [2.05, 4.69) is 5.32 Å². The summed E-state index contributed by atoms with van der Waals surface area (Å²) in [6.45, 7) is 2.26. The zero-order valence-electron chi connectivity index (χ0n) is 18.6. The van der Waals surface area contributed by atoms with Crippen LogP contribution in [0.15, 0.2) is 29.2 Å². The number of halogens is 2. The minimum Gasteiger partial charge on any atom is -0.868 e. The number of hydrogen-bond donors (Lipinski definition) is 1. The Bertz CT molecular complexity index is 1170. The van der Waals surface area contributed by atoms with E-state index < -0.39 is 39.9 Å². The standard InChI is InChI=1S/C22H23ClFN3O5.Na/c1-3-27-21(31)17-19(29)18(28)14(10-26(17)11-22(27)7-13(8-22)32-2)20(30)25-9-12-5-4-6-15(23)16(12)24;/h4-6,10,13,29H,3,7-9,11H2,1-2H3,(H,25,30);/q;+1/p-1/t13-,22-;. The molecule has 0 unspecified atom stereocenters. The van der Waals surface area contributed by atoms with Gasteiger partial charge in [-0.05, 0) is 31.6 Å². The predicted octanol–water partition coefficient (Wildman–Crippen LogP) is -1.33. The normalized spacial score (nSPS) is 21.3. The van der Waals surface area contributed by atoms with Crippen LogP contribution in [0, 0.1) is 5.82 Å². The fourth-order valence-electron chi connectivity index (χ4n) is 4.63. The van der Waals surface area contributed by atoms with Crippen LogP contribution in [0.1, 0.15) is 46.2 Å². The predicted molar refractivity (Wildman–Crippen MR) is 112 cm³/mol. The number of hydrogen-bond acceptors (Lipinski definition) is 5. The Morgan fingerprint density at radius 3 is 2.70 bits per heavy atom. The van der Waals surface area contributed by atoms with Crippen LogP contribution >= 0.6 is 11.6 Å². The molecule has 2 heterocycles. The number of ether oxygens (including phenoxy) is 1. The van der Waals surface area contributed by atoms with Crippen molar-refractivity contribution in [2.75, 3.05) is 13.7 Å². The molecule has 2 amide bonds. The molecule has 1 aliphatic heterocycles. The van der Waals surface area contributed by atoms with Crippen molar-refractivity contribution in [3.8, 4) is 5.75 Å². The van der Waals surface area contributed by atoms with Crippen LogP contribution < -0.4 is 45.4 Å². The van der Waals surface area contributed by atoms with Crippen molar-refractivity contribution in [1.29, 1.82) is 0 Å². The average molecular weight is 486 g/mol. The van der Waals surface area contributed by atoms with Gasteiger partial charge in [-0.2, -0.15) is 0 Å². The van der Waals surface area contributed by atoms with E-state index in [0.717, 1.165) is 0 Å². The van der Waals surface area contributed by atoms with E-state index in [0.29, 0.717) is 19.4 Å². The van der Waals surface area contributed by atoms with Gasteiger partial charge in [0.15, 0.2) is 5.43 Å². The molecule has 2 aromatic rings. The number of aromatic nitrogens is 1. The second-order valence-corrected chi connectivity index (χ2v) is 8.52. The summed E-state index contributed by atoms with van der Waals surface area (Å²) in [6.07, 6.45) is 2.44. The number of benzene rings is 1. The number of pyridine rings is 1. The fourth-order valence-corrected chi connectivity index (χ4v) is 4.82. The molecule has 4 rings (SSSR count). The van der Waals surface area contributed by atoms with E-state index in [4.69, 9.17) is 16.3 Å². The van der Waals surface area contributed by atoms with Crippen molar-refractivity contribution in [2.45, 2.75) is 44.5 Å². The molecule has 1 saturated carbocycles. The Morgan fingerprint density at radius 2 is 2.06 bits per heavy atom. The van der Waals surface area contributed by atoms with E-state index in [1.165, 1.54) is 29.0 Å². The minimum absolute atomic E-state index is 0. The van der Waals surface area contributed by atoms with Crippen LogP contribution in [0.4, 0.5) is 4.39 Å². The summed E-state index contributed by atoms with van der Waals surface area (Å²) in [4.78, 5) is 40.0. The molecule has 0 bridgehead atoms. The molecule has 1 aromatic carbocycles. The van der Waals surface area contributed by atoms with Crippen LogP contribution in [0.25, 0.3) is 0 Å². The van der Waals surface area contributed by atoms with Crippen LogP contribution in [0.2, 0.25) is 5.02 Å². The number of rotatable bonds is 5. The van der Waals surface area contributed by atoms with Gasteiger partial charge in [0.05, 0.1) is 16.7 Å². The molecule has 1 N–H and O–H groups in total. The van der Waals surface area contributed by atoms with Crippen LogP contribution in [0.3, 0.4) is 0 Å². The molecular weight excluding hydrogens is 464 g/mol. The summed E-state index contributed by atoms with van der Waals surface area (Å²) in [5, 5.41) is 15.1. The molecule has 1 aromatic heterocycles. The summed E-state index contributed by atoms with van der Waals surface area (Å²) in [7, 11) is 1.60. The van der Waals surface area contributed by atoms with E-state index in [9.17, 15) is 23.9 Å². The molecule has 1 fully saturated rings. The maximum absolute atomic E-state index is 14.1. The summed E-state index contributed by atoms with van der Waals surface area (Å²) in [5.74, 6) is -3.05. The largest absolute Gasteiger partial charge is 1.00 e. The number of fused-ring (bicyclic) bond motifs is 1. The van der Waals surface area contributed by atoms with E-state index in [1.54, 1.807) is 12.0 Å². The van der Waals surface area contributed by atoms with Crippen LogP contribution in [0.5, 0.6) is 5.75 Å². The topological polar surface area (TPSA) is 104 Å². The third kappa shape index (κ3) is 4.33. The molecule has 1 spiro atoms. The molecule has 11 heteroatoms. The summed E-state index contributed by atoms with van der Waals surface area (Å²) in [6, 6.07) is 4.36. The number of methoxy groups -OCH3 is 1. The van der Waals surface area contributed by atoms with Gasteiger partial charge in [-0.3, -0.25) is 14.4 Å². The molecule has 0 saturated heterocycles. The molecule has 2 aliphatic rings. The van der Waals surface area contributed by atoms with Crippen molar-refractivity contribution in [3.05, 3.63) is 62.3 Å².